The van der Waals surface area contributed by atoms with Crippen molar-refractivity contribution in [2.75, 3.05) is 13.1 Å². The van der Waals surface area contributed by atoms with Crippen LogP contribution in [-0.4, -0.2) is 39.8 Å². The van der Waals surface area contributed by atoms with Crippen molar-refractivity contribution < 1.29 is 9.59 Å². The van der Waals surface area contributed by atoms with Gasteiger partial charge in [-0.1, -0.05) is 42.5 Å². The number of nitrogens with one attached hydrogen (secondary N) is 2. The summed E-state index contributed by atoms with van der Waals surface area (Å²) in [5.41, 5.74) is 2.81. The number of carbonyl (C=O) groups excluding carboxylic acids is 2. The average molecular weight is 362 g/mol. The second kappa shape index (κ2) is 7.61. The molecule has 0 bridgehead atoms. The van der Waals surface area contributed by atoms with E-state index in [0.29, 0.717) is 6.54 Å². The number of amides is 2. The van der Waals surface area contributed by atoms with E-state index in [0.717, 1.165) is 35.3 Å². The van der Waals surface area contributed by atoms with E-state index >= 15 is 0 Å². The van der Waals surface area contributed by atoms with Gasteiger partial charge in [0, 0.05) is 6.54 Å². The van der Waals surface area contributed by atoms with Crippen LogP contribution in [0.1, 0.15) is 30.3 Å². The molecule has 2 N–H and O–H groups in total. The minimum atomic E-state index is -0.144. The largest absolute Gasteiger partial charge is 0.347 e. The van der Waals surface area contributed by atoms with E-state index in [1.165, 1.54) is 0 Å². The lowest BCUT2D eigenvalue weighted by Crippen LogP contribution is -2.40. The number of benzene rings is 2. The van der Waals surface area contributed by atoms with Crippen molar-refractivity contribution in [2.45, 2.75) is 25.3 Å². The lowest BCUT2D eigenvalue weighted by atomic mass is 10.1. The lowest BCUT2D eigenvalue weighted by Gasteiger charge is -2.23. The van der Waals surface area contributed by atoms with Crippen LogP contribution >= 0.6 is 0 Å². The predicted molar refractivity (Wildman–Crippen MR) is 103 cm³/mol. The molecule has 27 heavy (non-hydrogen) atoms. The van der Waals surface area contributed by atoms with Gasteiger partial charge in [0.25, 0.3) is 0 Å². The summed E-state index contributed by atoms with van der Waals surface area (Å²) in [5.74, 6) is 0.603. The summed E-state index contributed by atoms with van der Waals surface area (Å²) in [6.45, 7) is 0.706. The second-order valence-corrected chi connectivity index (χ2v) is 6.82. The van der Waals surface area contributed by atoms with E-state index < -0.39 is 0 Å². The minimum Gasteiger partial charge on any atom is -0.347 e. The van der Waals surface area contributed by atoms with E-state index in [2.05, 4.69) is 15.3 Å². The Labute approximate surface area is 157 Å². The molecule has 2 amide bonds. The molecule has 1 atom stereocenters. The fraction of sp³-hybridized carbons (Fsp3) is 0.286. The Morgan fingerprint density at radius 1 is 1.11 bits per heavy atom. The summed E-state index contributed by atoms with van der Waals surface area (Å²) >= 11 is 0. The minimum absolute atomic E-state index is 0.0163. The van der Waals surface area contributed by atoms with Gasteiger partial charge in [0.2, 0.25) is 11.8 Å². The topological polar surface area (TPSA) is 78.1 Å². The molecule has 1 saturated heterocycles. The maximum atomic E-state index is 12.7. The van der Waals surface area contributed by atoms with Crippen LogP contribution in [0.3, 0.4) is 0 Å². The van der Waals surface area contributed by atoms with Gasteiger partial charge in [0.05, 0.1) is 30.0 Å². The Balaban J connectivity index is 1.38. The van der Waals surface area contributed by atoms with Crippen LogP contribution in [0.5, 0.6) is 0 Å². The van der Waals surface area contributed by atoms with Gasteiger partial charge in [0.1, 0.15) is 5.82 Å². The number of para-hydroxylation sites is 2. The van der Waals surface area contributed by atoms with Gasteiger partial charge >= 0.3 is 0 Å². The predicted octanol–water partition coefficient (Wildman–Crippen LogP) is 2.59. The lowest BCUT2D eigenvalue weighted by molar-refractivity contribution is -0.133. The molecular weight excluding hydrogens is 340 g/mol. The first kappa shape index (κ1) is 17.3. The number of H-pyrrole nitrogens is 1. The third-order valence-corrected chi connectivity index (χ3v) is 4.94. The summed E-state index contributed by atoms with van der Waals surface area (Å²) in [4.78, 5) is 34.6. The van der Waals surface area contributed by atoms with Crippen LogP contribution in [0, 0.1) is 0 Å². The van der Waals surface area contributed by atoms with Gasteiger partial charge in [0.15, 0.2) is 0 Å². The SMILES string of the molecule is O=C(Cc1ccccc1)NCC(=O)N1CCC[C@H]1c1nc2ccccc2[nH]1. The first-order valence-corrected chi connectivity index (χ1v) is 9.25. The summed E-state index contributed by atoms with van der Waals surface area (Å²) in [6, 6.07) is 17.3. The summed E-state index contributed by atoms with van der Waals surface area (Å²) in [7, 11) is 0. The highest BCUT2D eigenvalue weighted by Gasteiger charge is 2.32. The van der Waals surface area contributed by atoms with E-state index in [1.807, 2.05) is 59.5 Å². The van der Waals surface area contributed by atoms with Gasteiger partial charge in [-0.25, -0.2) is 4.98 Å². The number of likely N-dealkylation sites (tertiary alicyclic amines) is 1. The van der Waals surface area contributed by atoms with Crippen molar-refractivity contribution in [1.29, 1.82) is 0 Å². The summed E-state index contributed by atoms with van der Waals surface area (Å²) in [6.07, 6.45) is 2.09. The molecule has 0 unspecified atom stereocenters. The molecular formula is C21H22N4O2. The average Bonchev–Trinajstić information content (AvgIpc) is 3.33. The fourth-order valence-corrected chi connectivity index (χ4v) is 3.60. The Kier molecular flexibility index (Phi) is 4.87. The van der Waals surface area contributed by atoms with Gasteiger partial charge in [-0.15, -0.1) is 0 Å². The van der Waals surface area contributed by atoms with Crippen molar-refractivity contribution in [3.63, 3.8) is 0 Å². The highest BCUT2D eigenvalue weighted by molar-refractivity contribution is 5.86. The molecule has 1 aliphatic rings. The first-order chi connectivity index (χ1) is 13.2. The first-order valence-electron chi connectivity index (χ1n) is 9.25. The zero-order valence-corrected chi connectivity index (χ0v) is 15.0. The smallest absolute Gasteiger partial charge is 0.242 e. The molecule has 0 spiro atoms. The number of aromatic nitrogens is 2. The van der Waals surface area contributed by atoms with Crippen LogP contribution in [0.15, 0.2) is 54.6 Å². The summed E-state index contributed by atoms with van der Waals surface area (Å²) in [5, 5.41) is 2.75. The molecule has 2 aromatic carbocycles. The molecule has 0 radical (unpaired) electrons. The van der Waals surface area contributed by atoms with E-state index in [9.17, 15) is 9.59 Å². The number of hydrogen-bond acceptors (Lipinski definition) is 3. The molecule has 1 fully saturated rings. The number of fused-ring (bicyclic) bond motifs is 1. The molecule has 0 aliphatic carbocycles. The number of carbonyl (C=O) groups is 2. The second-order valence-electron chi connectivity index (χ2n) is 6.82. The van der Waals surface area contributed by atoms with Gasteiger partial charge < -0.3 is 15.2 Å². The quantitative estimate of drug-likeness (QED) is 0.732. The molecule has 138 valence electrons. The van der Waals surface area contributed by atoms with Crippen LogP contribution in [0.25, 0.3) is 11.0 Å². The maximum Gasteiger partial charge on any atom is 0.242 e. The van der Waals surface area contributed by atoms with Crippen molar-refractivity contribution in [2.24, 2.45) is 0 Å². The third-order valence-electron chi connectivity index (χ3n) is 4.94. The van der Waals surface area contributed by atoms with E-state index in [1.54, 1.807) is 0 Å². The number of rotatable bonds is 5. The number of hydrogen-bond donors (Lipinski definition) is 2. The number of nitrogens with zero attached hydrogens (tertiary/aromatic N) is 2. The zero-order chi connectivity index (χ0) is 18.6. The molecule has 2 heterocycles. The third kappa shape index (κ3) is 3.84. The zero-order valence-electron chi connectivity index (χ0n) is 15.0. The normalized spacial score (nSPS) is 16.6. The molecule has 6 nitrogen and oxygen atoms in total. The van der Waals surface area contributed by atoms with E-state index in [-0.39, 0.29) is 30.8 Å². The molecule has 1 aliphatic heterocycles. The van der Waals surface area contributed by atoms with Crippen molar-refractivity contribution in [3.8, 4) is 0 Å². The highest BCUT2D eigenvalue weighted by Crippen LogP contribution is 2.31. The van der Waals surface area contributed by atoms with Crippen molar-refractivity contribution in [1.82, 2.24) is 20.2 Å². The maximum absolute atomic E-state index is 12.7. The van der Waals surface area contributed by atoms with Gasteiger partial charge in [-0.2, -0.15) is 0 Å². The number of imidazole rings is 1. The van der Waals surface area contributed by atoms with Crippen LogP contribution < -0.4 is 5.32 Å². The Bertz CT molecular complexity index is 918. The van der Waals surface area contributed by atoms with Crippen LogP contribution in [0.4, 0.5) is 0 Å². The van der Waals surface area contributed by atoms with Crippen molar-refractivity contribution >= 4 is 22.8 Å². The molecule has 3 aromatic rings. The Hall–Kier alpha value is -3.15. The standard InChI is InChI=1S/C21H22N4O2/c26-19(13-15-7-2-1-3-8-15)22-14-20(27)25-12-6-11-18(25)21-23-16-9-4-5-10-17(16)24-21/h1-5,7-10,18H,6,11-14H2,(H,22,26)(H,23,24)/t18-/m0/s1. The summed E-state index contributed by atoms with van der Waals surface area (Å²) < 4.78 is 0. The monoisotopic (exact) mass is 362 g/mol. The Morgan fingerprint density at radius 3 is 2.70 bits per heavy atom. The van der Waals surface area contributed by atoms with E-state index in [4.69, 9.17) is 0 Å². The fourth-order valence-electron chi connectivity index (χ4n) is 3.60. The van der Waals surface area contributed by atoms with Crippen LogP contribution in [0.2, 0.25) is 0 Å². The number of aromatic amines is 1. The molecule has 4 rings (SSSR count). The Morgan fingerprint density at radius 2 is 1.89 bits per heavy atom. The molecule has 6 heteroatoms. The van der Waals surface area contributed by atoms with Gasteiger partial charge in [-0.05, 0) is 30.5 Å². The molecule has 0 saturated carbocycles. The highest BCUT2D eigenvalue weighted by atomic mass is 16.2. The van der Waals surface area contributed by atoms with Gasteiger partial charge in [-0.3, -0.25) is 9.59 Å². The van der Waals surface area contributed by atoms with Crippen molar-refractivity contribution in [3.05, 3.63) is 66.0 Å². The van der Waals surface area contributed by atoms with Crippen LogP contribution in [-0.2, 0) is 16.0 Å². The molecule has 1 aromatic heterocycles.